The predicted molar refractivity (Wildman–Crippen MR) is 66.8 cm³/mol. The number of hydrogen-bond acceptors (Lipinski definition) is 4. The third-order valence-electron chi connectivity index (χ3n) is 2.31. The van der Waals surface area contributed by atoms with Crippen LogP contribution in [-0.2, 0) is 12.6 Å². The SMILES string of the molecule is CCc1ccc(-c2nc(C(F)(F)F)c(C(=O)O)s2)s1. The highest BCUT2D eigenvalue weighted by molar-refractivity contribution is 7.22. The zero-order valence-corrected chi connectivity index (χ0v) is 11.2. The van der Waals surface area contributed by atoms with Crippen LogP contribution in [0.5, 0.6) is 0 Å². The first-order valence-corrected chi connectivity index (χ1v) is 6.86. The number of alkyl halides is 3. The molecule has 0 amide bonds. The van der Waals surface area contributed by atoms with Gasteiger partial charge in [-0.25, -0.2) is 9.78 Å². The summed E-state index contributed by atoms with van der Waals surface area (Å²) < 4.78 is 38.1. The van der Waals surface area contributed by atoms with Crippen LogP contribution in [0.15, 0.2) is 12.1 Å². The average molecular weight is 307 g/mol. The Hall–Kier alpha value is -1.41. The minimum Gasteiger partial charge on any atom is -0.477 e. The fourth-order valence-electron chi connectivity index (χ4n) is 1.45. The van der Waals surface area contributed by atoms with Crippen LogP contribution in [0, 0.1) is 0 Å². The number of thiophene rings is 1. The Bertz CT molecular complexity index is 616. The maximum Gasteiger partial charge on any atom is 0.435 e. The third-order valence-corrected chi connectivity index (χ3v) is 4.75. The van der Waals surface area contributed by atoms with Crippen LogP contribution in [-0.4, -0.2) is 16.1 Å². The van der Waals surface area contributed by atoms with E-state index in [4.69, 9.17) is 5.11 Å². The molecule has 2 aromatic heterocycles. The van der Waals surface area contributed by atoms with Gasteiger partial charge >= 0.3 is 12.1 Å². The number of nitrogens with zero attached hydrogens (tertiary/aromatic N) is 1. The van der Waals surface area contributed by atoms with Crippen LogP contribution < -0.4 is 0 Å². The summed E-state index contributed by atoms with van der Waals surface area (Å²) >= 11 is 1.87. The van der Waals surface area contributed by atoms with Crippen molar-refractivity contribution in [3.63, 3.8) is 0 Å². The van der Waals surface area contributed by atoms with E-state index in [1.807, 2.05) is 6.92 Å². The second kappa shape index (κ2) is 4.93. The molecule has 0 aromatic carbocycles. The summed E-state index contributed by atoms with van der Waals surface area (Å²) in [5, 5.41) is 8.91. The number of aryl methyl sites for hydroxylation is 1. The van der Waals surface area contributed by atoms with Crippen molar-refractivity contribution in [3.05, 3.63) is 27.6 Å². The molecule has 0 saturated heterocycles. The van der Waals surface area contributed by atoms with Crippen molar-refractivity contribution in [2.45, 2.75) is 19.5 Å². The maximum absolute atomic E-state index is 12.7. The summed E-state index contributed by atoms with van der Waals surface area (Å²) in [6.07, 6.45) is -3.98. The van der Waals surface area contributed by atoms with E-state index in [0.29, 0.717) is 16.2 Å². The Morgan fingerprint density at radius 2 is 2.05 bits per heavy atom. The molecule has 0 aliphatic carbocycles. The fourth-order valence-corrected chi connectivity index (χ4v) is 3.37. The van der Waals surface area contributed by atoms with E-state index in [-0.39, 0.29) is 5.01 Å². The third kappa shape index (κ3) is 2.79. The number of halogens is 3. The maximum atomic E-state index is 12.7. The van der Waals surface area contributed by atoms with Gasteiger partial charge in [0.05, 0.1) is 4.88 Å². The highest BCUT2D eigenvalue weighted by Crippen LogP contribution is 2.39. The van der Waals surface area contributed by atoms with E-state index < -0.39 is 22.7 Å². The topological polar surface area (TPSA) is 50.2 Å². The molecular formula is C11H8F3NO2S2. The molecule has 0 atom stereocenters. The van der Waals surface area contributed by atoms with Crippen molar-refractivity contribution in [2.24, 2.45) is 0 Å². The van der Waals surface area contributed by atoms with E-state index in [9.17, 15) is 18.0 Å². The summed E-state index contributed by atoms with van der Waals surface area (Å²) in [6.45, 7) is 1.93. The number of carboxylic acids is 1. The predicted octanol–water partition coefficient (Wildman–Crippen LogP) is 4.15. The molecular weight excluding hydrogens is 299 g/mol. The Kier molecular flexibility index (Phi) is 3.64. The van der Waals surface area contributed by atoms with Gasteiger partial charge in [-0.2, -0.15) is 13.2 Å². The summed E-state index contributed by atoms with van der Waals surface area (Å²) in [6, 6.07) is 3.46. The monoisotopic (exact) mass is 307 g/mol. The van der Waals surface area contributed by atoms with Gasteiger partial charge < -0.3 is 5.11 Å². The van der Waals surface area contributed by atoms with E-state index in [0.717, 1.165) is 11.3 Å². The molecule has 2 rings (SSSR count). The molecule has 0 unspecified atom stereocenters. The van der Waals surface area contributed by atoms with Crippen LogP contribution in [0.4, 0.5) is 13.2 Å². The van der Waals surface area contributed by atoms with Crippen molar-refractivity contribution >= 4 is 28.6 Å². The molecule has 1 N–H and O–H groups in total. The van der Waals surface area contributed by atoms with Gasteiger partial charge in [-0.3, -0.25) is 0 Å². The van der Waals surface area contributed by atoms with E-state index in [1.165, 1.54) is 11.3 Å². The zero-order chi connectivity index (χ0) is 14.2. The second-order valence-corrected chi connectivity index (χ2v) is 5.79. The van der Waals surface area contributed by atoms with Gasteiger partial charge in [0.1, 0.15) is 9.88 Å². The first-order valence-electron chi connectivity index (χ1n) is 5.23. The van der Waals surface area contributed by atoms with Gasteiger partial charge in [0.2, 0.25) is 0 Å². The average Bonchev–Trinajstić information content (AvgIpc) is 2.94. The molecule has 8 heteroatoms. The quantitative estimate of drug-likeness (QED) is 0.926. The number of hydrogen-bond donors (Lipinski definition) is 1. The van der Waals surface area contributed by atoms with E-state index in [1.54, 1.807) is 12.1 Å². The Morgan fingerprint density at radius 3 is 2.47 bits per heavy atom. The minimum absolute atomic E-state index is 0.0921. The van der Waals surface area contributed by atoms with Crippen molar-refractivity contribution in [1.29, 1.82) is 0 Å². The van der Waals surface area contributed by atoms with Crippen molar-refractivity contribution in [1.82, 2.24) is 4.98 Å². The molecule has 0 aliphatic rings. The fraction of sp³-hybridized carbons (Fsp3) is 0.273. The van der Waals surface area contributed by atoms with E-state index >= 15 is 0 Å². The van der Waals surface area contributed by atoms with Gasteiger partial charge in [-0.05, 0) is 18.6 Å². The molecule has 0 aliphatic heterocycles. The Labute approximate surface area is 114 Å². The van der Waals surface area contributed by atoms with Crippen molar-refractivity contribution in [2.75, 3.05) is 0 Å². The molecule has 0 radical (unpaired) electrons. The largest absolute Gasteiger partial charge is 0.477 e. The lowest BCUT2D eigenvalue weighted by atomic mass is 10.3. The Morgan fingerprint density at radius 1 is 1.37 bits per heavy atom. The molecule has 0 bridgehead atoms. The molecule has 0 fully saturated rings. The normalized spacial score (nSPS) is 11.8. The summed E-state index contributed by atoms with van der Waals surface area (Å²) in [5.41, 5.74) is -1.33. The number of thiazole rings is 1. The van der Waals surface area contributed by atoms with Gasteiger partial charge in [0.15, 0.2) is 5.69 Å². The summed E-state index contributed by atoms with van der Waals surface area (Å²) in [7, 11) is 0. The molecule has 19 heavy (non-hydrogen) atoms. The van der Waals surface area contributed by atoms with Crippen molar-refractivity contribution in [3.8, 4) is 9.88 Å². The van der Waals surface area contributed by atoms with Crippen LogP contribution in [0.2, 0.25) is 0 Å². The first kappa shape index (κ1) is 14.0. The van der Waals surface area contributed by atoms with Gasteiger partial charge in [-0.15, -0.1) is 22.7 Å². The number of carbonyl (C=O) groups is 1. The standard InChI is InChI=1S/C11H8F3NO2S2/c1-2-5-3-4-6(18-5)9-15-8(11(12,13)14)7(19-9)10(16)17/h3-4H,2H2,1H3,(H,16,17). The molecule has 3 nitrogen and oxygen atoms in total. The lowest BCUT2D eigenvalue weighted by Crippen LogP contribution is -2.11. The number of aromatic carboxylic acids is 1. The summed E-state index contributed by atoms with van der Waals surface area (Å²) in [5.74, 6) is -1.61. The van der Waals surface area contributed by atoms with Crippen LogP contribution in [0.25, 0.3) is 9.88 Å². The van der Waals surface area contributed by atoms with Crippen LogP contribution >= 0.6 is 22.7 Å². The van der Waals surface area contributed by atoms with Gasteiger partial charge in [-0.1, -0.05) is 6.92 Å². The molecule has 0 saturated carbocycles. The summed E-state index contributed by atoms with van der Waals surface area (Å²) in [4.78, 5) is 15.1. The Balaban J connectivity index is 2.51. The number of rotatable bonds is 3. The van der Waals surface area contributed by atoms with Gasteiger partial charge in [0.25, 0.3) is 0 Å². The molecule has 2 heterocycles. The molecule has 0 spiro atoms. The lowest BCUT2D eigenvalue weighted by Gasteiger charge is -2.02. The lowest BCUT2D eigenvalue weighted by molar-refractivity contribution is -0.141. The number of aromatic nitrogens is 1. The van der Waals surface area contributed by atoms with Crippen LogP contribution in [0.3, 0.4) is 0 Å². The van der Waals surface area contributed by atoms with Gasteiger partial charge in [0, 0.05) is 4.88 Å². The highest BCUT2D eigenvalue weighted by atomic mass is 32.1. The smallest absolute Gasteiger partial charge is 0.435 e. The van der Waals surface area contributed by atoms with Crippen molar-refractivity contribution < 1.29 is 23.1 Å². The second-order valence-electron chi connectivity index (χ2n) is 3.62. The molecule has 2 aromatic rings. The number of carboxylic acid groups (broad SMARTS) is 1. The first-order chi connectivity index (χ1) is 8.82. The van der Waals surface area contributed by atoms with E-state index in [2.05, 4.69) is 4.98 Å². The zero-order valence-electron chi connectivity index (χ0n) is 9.61. The minimum atomic E-state index is -4.76. The van der Waals surface area contributed by atoms with Crippen LogP contribution in [0.1, 0.15) is 27.2 Å². The highest BCUT2D eigenvalue weighted by Gasteiger charge is 2.39. The molecule has 102 valence electrons.